The highest BCUT2D eigenvalue weighted by molar-refractivity contribution is 7.53. The molecule has 1 aromatic rings. The van der Waals surface area contributed by atoms with Gasteiger partial charge < -0.3 is 13.6 Å². The molecule has 104 valence electrons. The van der Waals surface area contributed by atoms with Gasteiger partial charge in [-0.15, -0.1) is 0 Å². The molecule has 0 saturated carbocycles. The van der Waals surface area contributed by atoms with Gasteiger partial charge in [0.05, 0.1) is 6.61 Å². The molecule has 18 heavy (non-hydrogen) atoms. The van der Waals surface area contributed by atoms with Crippen LogP contribution >= 0.6 is 7.60 Å². The van der Waals surface area contributed by atoms with Crippen molar-refractivity contribution in [1.82, 2.24) is 5.16 Å². The Kier molecular flexibility index (Phi) is 4.95. The van der Waals surface area contributed by atoms with Crippen molar-refractivity contribution in [1.29, 1.82) is 0 Å². The Morgan fingerprint density at radius 1 is 1.39 bits per heavy atom. The molecule has 0 fully saturated rings. The van der Waals surface area contributed by atoms with E-state index in [1.54, 1.807) is 13.8 Å². The Labute approximate surface area is 102 Å². The summed E-state index contributed by atoms with van der Waals surface area (Å²) in [5.41, 5.74) is -1.15. The summed E-state index contributed by atoms with van der Waals surface area (Å²) in [4.78, 5) is 0. The first-order valence-corrected chi connectivity index (χ1v) is 6.94. The maximum Gasteiger partial charge on any atom is 0.436 e. The van der Waals surface area contributed by atoms with Gasteiger partial charge in [0.1, 0.15) is 6.61 Å². The molecule has 0 radical (unpaired) electrons. The van der Waals surface area contributed by atoms with E-state index in [-0.39, 0.29) is 25.1 Å². The van der Waals surface area contributed by atoms with Crippen molar-refractivity contribution in [3.8, 4) is 0 Å². The third kappa shape index (κ3) is 4.12. The second-order valence-electron chi connectivity index (χ2n) is 3.29. The van der Waals surface area contributed by atoms with Crippen molar-refractivity contribution in [3.05, 3.63) is 17.5 Å². The van der Waals surface area contributed by atoms with Crippen LogP contribution in [-0.4, -0.2) is 17.9 Å². The number of alkyl halides is 3. The Balaban J connectivity index is 2.64. The van der Waals surface area contributed by atoms with Gasteiger partial charge in [-0.1, -0.05) is 12.1 Å². The monoisotopic (exact) mass is 287 g/mol. The summed E-state index contributed by atoms with van der Waals surface area (Å²) in [6, 6.07) is 0.700. The maximum absolute atomic E-state index is 12.2. The number of rotatable bonds is 6. The standard InChI is InChI=1S/C9H13F3NO4P/c1-3-15-18(14,4-2)16-6-7-5-8(13-17-7)9(10,11)12/h5H,3-4,6H2,1-2H3. The third-order valence-corrected chi connectivity index (χ3v) is 3.91. The van der Waals surface area contributed by atoms with Gasteiger partial charge in [-0.05, 0) is 6.92 Å². The van der Waals surface area contributed by atoms with Crippen LogP contribution in [0.5, 0.6) is 0 Å². The van der Waals surface area contributed by atoms with Gasteiger partial charge in [-0.2, -0.15) is 13.2 Å². The van der Waals surface area contributed by atoms with Crippen molar-refractivity contribution in [2.75, 3.05) is 12.8 Å². The molecule has 0 N–H and O–H groups in total. The Morgan fingerprint density at radius 2 is 2.06 bits per heavy atom. The third-order valence-electron chi connectivity index (χ3n) is 1.97. The fourth-order valence-electron chi connectivity index (χ4n) is 1.09. The van der Waals surface area contributed by atoms with E-state index in [9.17, 15) is 17.7 Å². The van der Waals surface area contributed by atoms with E-state index in [1.165, 1.54) is 0 Å². The van der Waals surface area contributed by atoms with E-state index in [0.29, 0.717) is 6.07 Å². The molecule has 1 rings (SSSR count). The Bertz CT molecular complexity index is 432. The average Bonchev–Trinajstić information content (AvgIpc) is 2.75. The summed E-state index contributed by atoms with van der Waals surface area (Å²) in [7, 11) is -3.27. The van der Waals surface area contributed by atoms with Crippen LogP contribution < -0.4 is 0 Å². The molecule has 5 nitrogen and oxygen atoms in total. The van der Waals surface area contributed by atoms with Crippen LogP contribution in [0.1, 0.15) is 25.3 Å². The minimum atomic E-state index is -4.57. The zero-order valence-corrected chi connectivity index (χ0v) is 10.8. The summed E-state index contributed by atoms with van der Waals surface area (Å²) in [6.07, 6.45) is -4.45. The largest absolute Gasteiger partial charge is 0.436 e. The lowest BCUT2D eigenvalue weighted by atomic mass is 10.4. The number of halogens is 3. The molecule has 0 spiro atoms. The molecule has 1 atom stereocenters. The van der Waals surface area contributed by atoms with Crippen molar-refractivity contribution in [3.63, 3.8) is 0 Å². The second-order valence-corrected chi connectivity index (χ2v) is 5.67. The van der Waals surface area contributed by atoms with Crippen LogP contribution in [0.2, 0.25) is 0 Å². The van der Waals surface area contributed by atoms with Gasteiger partial charge in [-0.25, -0.2) is 0 Å². The highest BCUT2D eigenvalue weighted by atomic mass is 31.2. The van der Waals surface area contributed by atoms with Crippen LogP contribution in [0.4, 0.5) is 13.2 Å². The number of hydrogen-bond donors (Lipinski definition) is 0. The van der Waals surface area contributed by atoms with Gasteiger partial charge in [0.2, 0.25) is 0 Å². The molecule has 0 aromatic carbocycles. The zero-order chi connectivity index (χ0) is 13.8. The number of aromatic nitrogens is 1. The van der Waals surface area contributed by atoms with Gasteiger partial charge >= 0.3 is 13.8 Å². The highest BCUT2D eigenvalue weighted by Gasteiger charge is 2.35. The maximum atomic E-state index is 12.2. The summed E-state index contributed by atoms with van der Waals surface area (Å²) in [6.45, 7) is 3.05. The van der Waals surface area contributed by atoms with Gasteiger partial charge in [0.25, 0.3) is 0 Å². The molecule has 1 aromatic heterocycles. The predicted octanol–water partition coefficient (Wildman–Crippen LogP) is 3.46. The molecular weight excluding hydrogens is 274 g/mol. The summed E-state index contributed by atoms with van der Waals surface area (Å²) in [5, 5.41) is 2.85. The van der Waals surface area contributed by atoms with Crippen LogP contribution in [-0.2, 0) is 26.4 Å². The van der Waals surface area contributed by atoms with E-state index >= 15 is 0 Å². The second kappa shape index (κ2) is 5.86. The molecule has 0 saturated heterocycles. The Hall–Kier alpha value is -0.850. The summed E-state index contributed by atoms with van der Waals surface area (Å²) in [5.74, 6) is -0.157. The lowest BCUT2D eigenvalue weighted by molar-refractivity contribution is -0.142. The van der Waals surface area contributed by atoms with Crippen molar-refractivity contribution in [2.24, 2.45) is 0 Å². The molecule has 0 aliphatic rings. The first-order valence-electron chi connectivity index (χ1n) is 5.21. The molecule has 1 heterocycles. The van der Waals surface area contributed by atoms with Gasteiger partial charge in [0, 0.05) is 12.2 Å². The van der Waals surface area contributed by atoms with Crippen molar-refractivity contribution < 1.29 is 31.3 Å². The smallest absolute Gasteiger partial charge is 0.358 e. The normalized spacial score (nSPS) is 15.6. The number of nitrogens with zero attached hydrogens (tertiary/aromatic N) is 1. The first-order chi connectivity index (χ1) is 8.30. The SMILES string of the molecule is CCOP(=O)(CC)OCc1cc(C(F)(F)F)no1. The van der Waals surface area contributed by atoms with Crippen LogP contribution in [0, 0.1) is 0 Å². The molecule has 0 aliphatic carbocycles. The van der Waals surface area contributed by atoms with Crippen molar-refractivity contribution in [2.45, 2.75) is 26.6 Å². The average molecular weight is 287 g/mol. The molecule has 0 amide bonds. The highest BCUT2D eigenvalue weighted by Crippen LogP contribution is 2.48. The van der Waals surface area contributed by atoms with E-state index < -0.39 is 19.5 Å². The topological polar surface area (TPSA) is 61.6 Å². The van der Waals surface area contributed by atoms with E-state index in [1.807, 2.05) is 0 Å². The molecule has 9 heteroatoms. The first kappa shape index (κ1) is 15.2. The van der Waals surface area contributed by atoms with E-state index in [2.05, 4.69) is 9.68 Å². The zero-order valence-electron chi connectivity index (χ0n) is 9.86. The molecule has 0 bridgehead atoms. The van der Waals surface area contributed by atoms with Gasteiger partial charge in [0.15, 0.2) is 11.5 Å². The minimum Gasteiger partial charge on any atom is -0.358 e. The lowest BCUT2D eigenvalue weighted by Crippen LogP contribution is -2.04. The predicted molar refractivity (Wildman–Crippen MR) is 56.1 cm³/mol. The van der Waals surface area contributed by atoms with Gasteiger partial charge in [-0.3, -0.25) is 4.57 Å². The van der Waals surface area contributed by atoms with E-state index in [0.717, 1.165) is 0 Å². The lowest BCUT2D eigenvalue weighted by Gasteiger charge is -2.14. The minimum absolute atomic E-state index is 0.126. The molecule has 0 aliphatic heterocycles. The van der Waals surface area contributed by atoms with Crippen LogP contribution in [0.3, 0.4) is 0 Å². The van der Waals surface area contributed by atoms with Crippen molar-refractivity contribution >= 4 is 7.60 Å². The summed E-state index contributed by atoms with van der Waals surface area (Å²) >= 11 is 0. The molecular formula is C9H13F3NO4P. The summed E-state index contributed by atoms with van der Waals surface area (Å²) < 4.78 is 62.8. The van der Waals surface area contributed by atoms with Crippen LogP contribution in [0.25, 0.3) is 0 Å². The fraction of sp³-hybridized carbons (Fsp3) is 0.667. The van der Waals surface area contributed by atoms with E-state index in [4.69, 9.17) is 9.05 Å². The number of hydrogen-bond acceptors (Lipinski definition) is 5. The Morgan fingerprint density at radius 3 is 2.50 bits per heavy atom. The quantitative estimate of drug-likeness (QED) is 0.750. The molecule has 1 unspecified atom stereocenters. The van der Waals surface area contributed by atoms with Crippen LogP contribution in [0.15, 0.2) is 10.6 Å². The fourth-order valence-corrected chi connectivity index (χ4v) is 2.25.